The van der Waals surface area contributed by atoms with Crippen LogP contribution in [0.5, 0.6) is 0 Å². The number of aromatic nitrogens is 4. The maximum absolute atomic E-state index is 12.9. The molecule has 3 aromatic heterocycles. The molecule has 1 amide bonds. The lowest BCUT2D eigenvalue weighted by atomic mass is 10.2. The average molecular weight is 458 g/mol. The number of furan rings is 1. The van der Waals surface area contributed by atoms with Crippen LogP contribution >= 0.6 is 0 Å². The highest BCUT2D eigenvalue weighted by molar-refractivity contribution is 5.80. The van der Waals surface area contributed by atoms with Gasteiger partial charge in [0.25, 0.3) is 11.2 Å². The van der Waals surface area contributed by atoms with E-state index in [0.717, 1.165) is 15.5 Å². The number of carbonyl (C=O) groups excluding carboxylic acids is 1. The third-order valence-corrected chi connectivity index (χ3v) is 5.42. The minimum absolute atomic E-state index is 0.138. The lowest BCUT2D eigenvalue weighted by Gasteiger charge is -2.12. The molecule has 0 bridgehead atoms. The van der Waals surface area contributed by atoms with Crippen LogP contribution in [0.3, 0.4) is 0 Å². The van der Waals surface area contributed by atoms with Crippen LogP contribution in [0.2, 0.25) is 0 Å². The number of nitro groups is 1. The van der Waals surface area contributed by atoms with Crippen molar-refractivity contribution in [2.75, 3.05) is 0 Å². The molecular formula is C23H18N6O5. The number of nitrogens with one attached hydrogen (secondary N) is 1. The molecule has 0 fully saturated rings. The second-order valence-corrected chi connectivity index (χ2v) is 7.69. The van der Waals surface area contributed by atoms with E-state index in [1.807, 2.05) is 30.3 Å². The summed E-state index contributed by atoms with van der Waals surface area (Å²) in [6, 6.07) is 15.0. The van der Waals surface area contributed by atoms with Gasteiger partial charge in [-0.15, -0.1) is 0 Å². The van der Waals surface area contributed by atoms with E-state index >= 15 is 0 Å². The van der Waals surface area contributed by atoms with Gasteiger partial charge in [0.2, 0.25) is 5.91 Å². The minimum Gasteiger partial charge on any atom is -0.459 e. The molecule has 5 rings (SSSR count). The Hall–Kier alpha value is -4.80. The highest BCUT2D eigenvalue weighted by Gasteiger charge is 2.20. The number of rotatable bonds is 6. The van der Waals surface area contributed by atoms with Crippen molar-refractivity contribution in [3.05, 3.63) is 93.3 Å². The molecule has 0 aliphatic heterocycles. The van der Waals surface area contributed by atoms with Gasteiger partial charge in [0.15, 0.2) is 5.65 Å². The highest BCUT2D eigenvalue weighted by atomic mass is 16.6. The number of hydrogen-bond acceptors (Lipinski definition) is 7. The molecule has 0 unspecified atom stereocenters. The summed E-state index contributed by atoms with van der Waals surface area (Å²) in [6.45, 7) is 1.53. The van der Waals surface area contributed by atoms with Crippen molar-refractivity contribution in [1.29, 1.82) is 0 Å². The number of benzene rings is 2. The third-order valence-electron chi connectivity index (χ3n) is 5.42. The summed E-state index contributed by atoms with van der Waals surface area (Å²) in [7, 11) is 0. The molecule has 0 radical (unpaired) electrons. The monoisotopic (exact) mass is 458 g/mol. The van der Waals surface area contributed by atoms with Gasteiger partial charge in [-0.3, -0.25) is 24.3 Å². The van der Waals surface area contributed by atoms with Crippen LogP contribution in [-0.4, -0.2) is 30.2 Å². The smallest absolute Gasteiger partial charge is 0.294 e. The predicted molar refractivity (Wildman–Crippen MR) is 123 cm³/mol. The zero-order valence-electron chi connectivity index (χ0n) is 17.9. The fourth-order valence-corrected chi connectivity index (χ4v) is 3.76. The van der Waals surface area contributed by atoms with Crippen molar-refractivity contribution >= 4 is 33.6 Å². The molecular weight excluding hydrogens is 440 g/mol. The Balaban J connectivity index is 1.38. The van der Waals surface area contributed by atoms with Crippen LogP contribution in [0.4, 0.5) is 5.69 Å². The molecule has 2 aromatic carbocycles. The Morgan fingerprint density at radius 3 is 2.76 bits per heavy atom. The SMILES string of the molecule is C[C@@H](NC(=O)Cn1cnc2c(cnn2-c2ccccc2[N+](=O)[O-])c1=O)c1cc2ccccc2o1. The van der Waals surface area contributed by atoms with Crippen molar-refractivity contribution < 1.29 is 14.1 Å². The van der Waals surface area contributed by atoms with Gasteiger partial charge in [-0.25, -0.2) is 9.67 Å². The summed E-state index contributed by atoms with van der Waals surface area (Å²) in [4.78, 5) is 40.6. The van der Waals surface area contributed by atoms with Gasteiger partial charge in [-0.2, -0.15) is 5.10 Å². The molecule has 0 aliphatic carbocycles. The molecule has 1 atom stereocenters. The number of carbonyl (C=O) groups is 1. The van der Waals surface area contributed by atoms with Crippen molar-refractivity contribution in [1.82, 2.24) is 24.6 Å². The predicted octanol–water partition coefficient (Wildman–Crippen LogP) is 3.11. The first-order valence-corrected chi connectivity index (χ1v) is 10.4. The fourth-order valence-electron chi connectivity index (χ4n) is 3.76. The van der Waals surface area contributed by atoms with E-state index in [-0.39, 0.29) is 29.0 Å². The maximum atomic E-state index is 12.9. The number of para-hydroxylation sites is 3. The van der Waals surface area contributed by atoms with E-state index in [2.05, 4.69) is 15.4 Å². The van der Waals surface area contributed by atoms with E-state index in [1.165, 1.54) is 29.3 Å². The van der Waals surface area contributed by atoms with Gasteiger partial charge in [0, 0.05) is 11.5 Å². The lowest BCUT2D eigenvalue weighted by Crippen LogP contribution is -2.33. The number of amides is 1. The Bertz CT molecular complexity index is 1580. The lowest BCUT2D eigenvalue weighted by molar-refractivity contribution is -0.384. The van der Waals surface area contributed by atoms with Gasteiger partial charge in [0.1, 0.15) is 35.3 Å². The second kappa shape index (κ2) is 8.28. The van der Waals surface area contributed by atoms with Gasteiger partial charge in [-0.1, -0.05) is 30.3 Å². The first kappa shape index (κ1) is 21.1. The number of nitro benzene ring substituents is 1. The number of hydrogen-bond donors (Lipinski definition) is 1. The van der Waals surface area contributed by atoms with Crippen molar-refractivity contribution in [2.24, 2.45) is 0 Å². The summed E-state index contributed by atoms with van der Waals surface area (Å²) >= 11 is 0. The molecule has 34 heavy (non-hydrogen) atoms. The Morgan fingerprint density at radius 1 is 1.21 bits per heavy atom. The molecule has 0 saturated carbocycles. The molecule has 3 heterocycles. The van der Waals surface area contributed by atoms with E-state index in [0.29, 0.717) is 5.76 Å². The van der Waals surface area contributed by atoms with E-state index < -0.39 is 22.4 Å². The molecule has 11 nitrogen and oxygen atoms in total. The quantitative estimate of drug-likeness (QED) is 0.305. The first-order valence-electron chi connectivity index (χ1n) is 10.4. The molecule has 0 saturated heterocycles. The van der Waals surface area contributed by atoms with Crippen LogP contribution in [0.15, 0.2) is 76.3 Å². The molecule has 1 N–H and O–H groups in total. The molecule has 0 spiro atoms. The zero-order valence-corrected chi connectivity index (χ0v) is 17.9. The summed E-state index contributed by atoms with van der Waals surface area (Å²) in [5, 5.41) is 19.4. The Morgan fingerprint density at radius 2 is 1.97 bits per heavy atom. The summed E-state index contributed by atoms with van der Waals surface area (Å²) in [5.74, 6) is 0.198. The van der Waals surface area contributed by atoms with Crippen molar-refractivity contribution in [2.45, 2.75) is 19.5 Å². The van der Waals surface area contributed by atoms with Crippen molar-refractivity contribution in [3.63, 3.8) is 0 Å². The summed E-state index contributed by atoms with van der Waals surface area (Å²) in [6.07, 6.45) is 2.51. The first-order chi connectivity index (χ1) is 16.4. The Labute approximate surface area is 191 Å². The minimum atomic E-state index is -0.530. The van der Waals surface area contributed by atoms with Gasteiger partial charge >= 0.3 is 0 Å². The normalized spacial score (nSPS) is 12.1. The Kier molecular flexibility index (Phi) is 5.13. The van der Waals surface area contributed by atoms with Crippen LogP contribution in [-0.2, 0) is 11.3 Å². The third kappa shape index (κ3) is 3.68. The molecule has 11 heteroatoms. The zero-order chi connectivity index (χ0) is 23.8. The van der Waals surface area contributed by atoms with Gasteiger partial charge in [-0.05, 0) is 25.1 Å². The van der Waals surface area contributed by atoms with E-state index in [1.54, 1.807) is 19.1 Å². The highest BCUT2D eigenvalue weighted by Crippen LogP contribution is 2.25. The van der Waals surface area contributed by atoms with Gasteiger partial charge < -0.3 is 9.73 Å². The van der Waals surface area contributed by atoms with Crippen LogP contribution in [0, 0.1) is 10.1 Å². The number of fused-ring (bicyclic) bond motifs is 2. The maximum Gasteiger partial charge on any atom is 0.294 e. The molecule has 170 valence electrons. The van der Waals surface area contributed by atoms with E-state index in [9.17, 15) is 19.7 Å². The average Bonchev–Trinajstić information content (AvgIpc) is 3.45. The van der Waals surface area contributed by atoms with Gasteiger partial charge in [0.05, 0.1) is 17.2 Å². The fraction of sp³-hybridized carbons (Fsp3) is 0.130. The topological polar surface area (TPSA) is 138 Å². The summed E-state index contributed by atoms with van der Waals surface area (Å²) < 4.78 is 8.18. The van der Waals surface area contributed by atoms with Crippen molar-refractivity contribution in [3.8, 4) is 5.69 Å². The standard InChI is InChI=1S/C23H18N6O5/c1-14(20-10-15-6-2-5-9-19(15)34-20)26-21(30)12-27-13-24-22-16(23(27)31)11-25-28(22)17-7-3-4-8-18(17)29(32)33/h2-11,13-14H,12H2,1H3,(H,26,30)/t14-/m1/s1. The molecule has 0 aliphatic rings. The van der Waals surface area contributed by atoms with Crippen LogP contribution in [0.1, 0.15) is 18.7 Å². The second-order valence-electron chi connectivity index (χ2n) is 7.69. The molecule has 5 aromatic rings. The van der Waals surface area contributed by atoms with E-state index in [4.69, 9.17) is 4.42 Å². The summed E-state index contributed by atoms with van der Waals surface area (Å²) in [5.41, 5.74) is 0.412. The van der Waals surface area contributed by atoms with Crippen LogP contribution in [0.25, 0.3) is 27.7 Å². The largest absolute Gasteiger partial charge is 0.459 e. The van der Waals surface area contributed by atoms with Crippen LogP contribution < -0.4 is 10.9 Å². The number of nitrogens with zero attached hydrogens (tertiary/aromatic N) is 5.